The van der Waals surface area contributed by atoms with Crippen LogP contribution in [-0.2, 0) is 0 Å². The molecule has 0 amide bonds. The summed E-state index contributed by atoms with van der Waals surface area (Å²) in [5.41, 5.74) is 2.70. The maximum atomic E-state index is 2.25. The van der Waals surface area contributed by atoms with E-state index in [0.717, 1.165) is 6.42 Å². The van der Waals surface area contributed by atoms with Gasteiger partial charge in [0.1, 0.15) is 0 Å². The smallest absolute Gasteiger partial charge is 0.0277 e. The van der Waals surface area contributed by atoms with Gasteiger partial charge >= 0.3 is 0 Å². The van der Waals surface area contributed by atoms with Crippen molar-refractivity contribution >= 4 is 0 Å². The third-order valence-electron chi connectivity index (χ3n) is 1.62. The van der Waals surface area contributed by atoms with Crippen molar-refractivity contribution in [2.75, 3.05) is 0 Å². The molecule has 0 rings (SSSR count). The van der Waals surface area contributed by atoms with Crippen LogP contribution in [0.3, 0.4) is 0 Å². The molecule has 0 N–H and O–H groups in total. The molecule has 0 bridgehead atoms. The van der Waals surface area contributed by atoms with Gasteiger partial charge in [-0.1, -0.05) is 31.2 Å². The second-order valence-corrected chi connectivity index (χ2v) is 2.54. The molecule has 0 unspecified atom stereocenters. The molecule has 0 aliphatic rings. The van der Waals surface area contributed by atoms with Crippen molar-refractivity contribution in [2.24, 2.45) is 0 Å². The molecule has 0 heterocycles. The lowest BCUT2D eigenvalue weighted by molar-refractivity contribution is 1.18. The van der Waals surface area contributed by atoms with E-state index in [0.29, 0.717) is 0 Å². The molecule has 0 aliphatic carbocycles. The van der Waals surface area contributed by atoms with E-state index in [1.165, 1.54) is 11.1 Å². The van der Waals surface area contributed by atoms with Gasteiger partial charge in [-0.05, 0) is 38.3 Å². The summed E-state index contributed by atoms with van der Waals surface area (Å²) in [6.07, 6.45) is 9.71. The van der Waals surface area contributed by atoms with Crippen molar-refractivity contribution in [1.29, 1.82) is 0 Å². The zero-order valence-corrected chi connectivity index (χ0v) is 8.02. The van der Waals surface area contributed by atoms with Crippen molar-refractivity contribution in [3.05, 3.63) is 35.5 Å². The van der Waals surface area contributed by atoms with E-state index in [-0.39, 0.29) is 0 Å². The highest BCUT2D eigenvalue weighted by molar-refractivity contribution is 5.37. The first-order valence-electron chi connectivity index (χ1n) is 4.22. The van der Waals surface area contributed by atoms with Crippen LogP contribution in [0.25, 0.3) is 0 Å². The molecule has 0 saturated carbocycles. The topological polar surface area (TPSA) is 0 Å². The SMILES string of the molecule is CC=CC(=CC)C(C)=CCC. The molecule has 62 valence electrons. The predicted octanol–water partition coefficient (Wildman–Crippen LogP) is 3.87. The average Bonchev–Trinajstić information content (AvgIpc) is 2.00. The van der Waals surface area contributed by atoms with E-state index < -0.39 is 0 Å². The minimum Gasteiger partial charge on any atom is -0.0871 e. The summed E-state index contributed by atoms with van der Waals surface area (Å²) in [4.78, 5) is 0. The Balaban J connectivity index is 4.40. The molecule has 0 saturated heterocycles. The van der Waals surface area contributed by atoms with Gasteiger partial charge in [-0.3, -0.25) is 0 Å². The molecule has 0 spiro atoms. The van der Waals surface area contributed by atoms with Gasteiger partial charge in [0, 0.05) is 0 Å². The summed E-state index contributed by atoms with van der Waals surface area (Å²) in [6, 6.07) is 0. The zero-order chi connectivity index (χ0) is 8.69. The number of hydrogen-bond acceptors (Lipinski definition) is 0. The Hall–Kier alpha value is -0.780. The lowest BCUT2D eigenvalue weighted by Crippen LogP contribution is -1.79. The van der Waals surface area contributed by atoms with Crippen LogP contribution >= 0.6 is 0 Å². The molecular formula is C11H18. The van der Waals surface area contributed by atoms with Crippen molar-refractivity contribution in [3.63, 3.8) is 0 Å². The molecule has 0 atom stereocenters. The molecule has 0 nitrogen and oxygen atoms in total. The van der Waals surface area contributed by atoms with Crippen LogP contribution in [0.1, 0.15) is 34.1 Å². The Kier molecular flexibility index (Phi) is 5.54. The maximum absolute atomic E-state index is 2.25. The van der Waals surface area contributed by atoms with Crippen LogP contribution in [0.15, 0.2) is 35.5 Å². The molecule has 11 heavy (non-hydrogen) atoms. The van der Waals surface area contributed by atoms with E-state index in [1.54, 1.807) is 0 Å². The van der Waals surface area contributed by atoms with E-state index in [1.807, 2.05) is 6.92 Å². The van der Waals surface area contributed by atoms with E-state index in [4.69, 9.17) is 0 Å². The molecular weight excluding hydrogens is 132 g/mol. The Morgan fingerprint density at radius 2 is 1.91 bits per heavy atom. The molecule has 0 aromatic heterocycles. The Morgan fingerprint density at radius 1 is 1.27 bits per heavy atom. The van der Waals surface area contributed by atoms with Crippen LogP contribution in [0.2, 0.25) is 0 Å². The highest BCUT2D eigenvalue weighted by atomic mass is 14.0. The van der Waals surface area contributed by atoms with Gasteiger partial charge in [0.05, 0.1) is 0 Å². The lowest BCUT2D eigenvalue weighted by atomic mass is 10.1. The van der Waals surface area contributed by atoms with Crippen molar-refractivity contribution in [3.8, 4) is 0 Å². The number of allylic oxidation sites excluding steroid dienone is 6. The minimum absolute atomic E-state index is 1.11. The fourth-order valence-electron chi connectivity index (χ4n) is 1.06. The number of hydrogen-bond donors (Lipinski definition) is 0. The Morgan fingerprint density at radius 3 is 2.27 bits per heavy atom. The highest BCUT2D eigenvalue weighted by Crippen LogP contribution is 2.10. The molecule has 0 aliphatic heterocycles. The Labute approximate surface area is 70.3 Å². The van der Waals surface area contributed by atoms with Gasteiger partial charge in [0.2, 0.25) is 0 Å². The quantitative estimate of drug-likeness (QED) is 0.536. The summed E-state index contributed by atoms with van der Waals surface area (Å²) < 4.78 is 0. The van der Waals surface area contributed by atoms with Crippen LogP contribution in [0.5, 0.6) is 0 Å². The standard InChI is InChI=1S/C11H18/c1-5-8-10(4)11(7-3)9-6-2/h6-9H,5H2,1-4H3. The van der Waals surface area contributed by atoms with E-state index in [9.17, 15) is 0 Å². The predicted molar refractivity (Wildman–Crippen MR) is 52.6 cm³/mol. The van der Waals surface area contributed by atoms with Gasteiger partial charge in [0.25, 0.3) is 0 Å². The Bertz CT molecular complexity index is 180. The molecule has 0 aromatic carbocycles. The summed E-state index contributed by atoms with van der Waals surface area (Å²) >= 11 is 0. The van der Waals surface area contributed by atoms with Crippen LogP contribution in [0.4, 0.5) is 0 Å². The zero-order valence-electron chi connectivity index (χ0n) is 8.02. The van der Waals surface area contributed by atoms with Gasteiger partial charge in [0.15, 0.2) is 0 Å². The first kappa shape index (κ1) is 10.2. The lowest BCUT2D eigenvalue weighted by Gasteiger charge is -1.99. The van der Waals surface area contributed by atoms with Crippen LogP contribution in [0, 0.1) is 0 Å². The van der Waals surface area contributed by atoms with E-state index in [2.05, 4.69) is 45.1 Å². The van der Waals surface area contributed by atoms with Crippen molar-refractivity contribution in [1.82, 2.24) is 0 Å². The molecule has 0 heteroatoms. The highest BCUT2D eigenvalue weighted by Gasteiger charge is 1.90. The largest absolute Gasteiger partial charge is 0.0871 e. The number of rotatable bonds is 3. The van der Waals surface area contributed by atoms with E-state index >= 15 is 0 Å². The molecule has 0 radical (unpaired) electrons. The molecule has 0 fully saturated rings. The fourth-order valence-corrected chi connectivity index (χ4v) is 1.06. The minimum atomic E-state index is 1.11. The monoisotopic (exact) mass is 150 g/mol. The van der Waals surface area contributed by atoms with Crippen LogP contribution in [-0.4, -0.2) is 0 Å². The van der Waals surface area contributed by atoms with Gasteiger partial charge < -0.3 is 0 Å². The summed E-state index contributed by atoms with van der Waals surface area (Å²) in [6.45, 7) is 8.43. The summed E-state index contributed by atoms with van der Waals surface area (Å²) in [5, 5.41) is 0. The maximum Gasteiger partial charge on any atom is -0.0277 e. The van der Waals surface area contributed by atoms with Gasteiger partial charge in [-0.2, -0.15) is 0 Å². The first-order chi connectivity index (χ1) is 5.26. The van der Waals surface area contributed by atoms with Crippen molar-refractivity contribution < 1.29 is 0 Å². The fraction of sp³-hybridized carbons (Fsp3) is 0.455. The van der Waals surface area contributed by atoms with Gasteiger partial charge in [-0.25, -0.2) is 0 Å². The third kappa shape index (κ3) is 3.82. The second-order valence-electron chi connectivity index (χ2n) is 2.54. The average molecular weight is 150 g/mol. The van der Waals surface area contributed by atoms with Gasteiger partial charge in [-0.15, -0.1) is 0 Å². The van der Waals surface area contributed by atoms with Crippen molar-refractivity contribution in [2.45, 2.75) is 34.1 Å². The first-order valence-corrected chi connectivity index (χ1v) is 4.22. The van der Waals surface area contributed by atoms with Crippen LogP contribution < -0.4 is 0 Å². The molecule has 0 aromatic rings. The third-order valence-corrected chi connectivity index (χ3v) is 1.62. The summed E-state index contributed by atoms with van der Waals surface area (Å²) in [7, 11) is 0. The second kappa shape index (κ2) is 5.96. The summed E-state index contributed by atoms with van der Waals surface area (Å²) in [5.74, 6) is 0. The normalized spacial score (nSPS) is 14.5.